The predicted octanol–water partition coefficient (Wildman–Crippen LogP) is 6.99. The molecule has 6 rings (SSSR count). The summed E-state index contributed by atoms with van der Waals surface area (Å²) in [6.45, 7) is 0.342. The first-order valence-corrected chi connectivity index (χ1v) is 12.9. The number of nitro benzene ring substituents is 1. The van der Waals surface area contributed by atoms with Crippen LogP contribution in [0.2, 0.25) is 0 Å². The first-order valence-electron chi connectivity index (χ1n) is 12.9. The molecule has 0 bridgehead atoms. The number of nitro groups is 1. The molecule has 40 heavy (non-hydrogen) atoms. The van der Waals surface area contributed by atoms with E-state index in [2.05, 4.69) is 41.4 Å². The van der Waals surface area contributed by atoms with Crippen LogP contribution in [0.15, 0.2) is 128 Å². The molecule has 6 aromatic rings. The van der Waals surface area contributed by atoms with Crippen LogP contribution in [0, 0.1) is 10.1 Å². The average Bonchev–Trinajstić information content (AvgIpc) is 3.39. The van der Waals surface area contributed by atoms with Crippen molar-refractivity contribution in [3.05, 3.63) is 160 Å². The maximum absolute atomic E-state index is 11.9. The van der Waals surface area contributed by atoms with Crippen LogP contribution in [-0.4, -0.2) is 26.8 Å². The number of ether oxygens (including phenoxy) is 1. The first-order chi connectivity index (χ1) is 19.6. The number of benzene rings is 4. The van der Waals surface area contributed by atoms with E-state index in [9.17, 15) is 10.1 Å². The summed E-state index contributed by atoms with van der Waals surface area (Å²) in [5, 5.41) is 17.8. The van der Waals surface area contributed by atoms with E-state index in [0.29, 0.717) is 17.7 Å². The summed E-state index contributed by atoms with van der Waals surface area (Å²) in [6, 6.07) is 39.4. The minimum atomic E-state index is -0.876. The summed E-state index contributed by atoms with van der Waals surface area (Å²) in [7, 11) is 1.62. The van der Waals surface area contributed by atoms with E-state index in [1.807, 2.05) is 71.4 Å². The van der Waals surface area contributed by atoms with Gasteiger partial charge < -0.3 is 4.74 Å². The zero-order valence-electron chi connectivity index (χ0n) is 21.8. The van der Waals surface area contributed by atoms with Gasteiger partial charge in [0.1, 0.15) is 11.2 Å². The van der Waals surface area contributed by atoms with Crippen LogP contribution in [0.25, 0.3) is 22.2 Å². The lowest BCUT2D eigenvalue weighted by Crippen LogP contribution is -2.38. The Balaban J connectivity index is 1.77. The Labute approximate surface area is 231 Å². The number of hydrogen-bond acceptors (Lipinski definition) is 5. The van der Waals surface area contributed by atoms with Gasteiger partial charge in [0.15, 0.2) is 0 Å². The Morgan fingerprint density at radius 3 is 1.90 bits per heavy atom. The molecule has 0 atom stereocenters. The molecule has 2 aromatic heterocycles. The second kappa shape index (κ2) is 10.6. The van der Waals surface area contributed by atoms with Crippen molar-refractivity contribution in [2.75, 3.05) is 7.11 Å². The molecule has 0 saturated carbocycles. The van der Waals surface area contributed by atoms with E-state index in [0.717, 1.165) is 33.5 Å². The van der Waals surface area contributed by atoms with E-state index in [-0.39, 0.29) is 10.6 Å². The molecule has 196 valence electrons. The number of aromatic nitrogens is 3. The summed E-state index contributed by atoms with van der Waals surface area (Å²) in [5.41, 5.74) is 5.10. The third-order valence-electron chi connectivity index (χ3n) is 7.15. The van der Waals surface area contributed by atoms with E-state index >= 15 is 0 Å². The average molecular weight is 527 g/mol. The highest BCUT2D eigenvalue weighted by Crippen LogP contribution is 2.44. The van der Waals surface area contributed by atoms with E-state index < -0.39 is 5.54 Å². The molecule has 0 saturated heterocycles. The normalized spacial score (nSPS) is 11.5. The summed E-state index contributed by atoms with van der Waals surface area (Å²) < 4.78 is 7.32. The number of fused-ring (bicyclic) bond motifs is 1. The molecule has 0 aliphatic heterocycles. The van der Waals surface area contributed by atoms with Gasteiger partial charge in [0.25, 0.3) is 5.69 Å². The van der Waals surface area contributed by atoms with Crippen molar-refractivity contribution in [3.63, 3.8) is 0 Å². The monoisotopic (exact) mass is 526 g/mol. The van der Waals surface area contributed by atoms with Gasteiger partial charge in [-0.15, -0.1) is 0 Å². The topological polar surface area (TPSA) is 83.1 Å². The lowest BCUT2D eigenvalue weighted by Gasteiger charge is -2.37. The third-order valence-corrected chi connectivity index (χ3v) is 7.15. The van der Waals surface area contributed by atoms with Gasteiger partial charge in [0.05, 0.1) is 22.7 Å². The van der Waals surface area contributed by atoms with Crippen LogP contribution in [-0.2, 0) is 16.9 Å². The molecular formula is C33H26N4O3. The van der Waals surface area contributed by atoms with E-state index in [1.54, 1.807) is 31.5 Å². The van der Waals surface area contributed by atoms with Crippen LogP contribution in [0.5, 0.6) is 0 Å². The van der Waals surface area contributed by atoms with Crippen molar-refractivity contribution >= 4 is 16.6 Å². The van der Waals surface area contributed by atoms with Crippen molar-refractivity contribution in [3.8, 4) is 11.3 Å². The van der Waals surface area contributed by atoms with Crippen LogP contribution in [0.3, 0.4) is 0 Å². The van der Waals surface area contributed by atoms with Crippen molar-refractivity contribution < 1.29 is 9.66 Å². The molecule has 0 N–H and O–H groups in total. The molecule has 0 unspecified atom stereocenters. The smallest absolute Gasteiger partial charge is 0.270 e. The maximum Gasteiger partial charge on any atom is 0.270 e. The molecule has 2 heterocycles. The number of non-ortho nitro benzene ring substituents is 1. The Kier molecular flexibility index (Phi) is 6.64. The van der Waals surface area contributed by atoms with Crippen molar-refractivity contribution in [1.29, 1.82) is 0 Å². The maximum atomic E-state index is 11.9. The minimum absolute atomic E-state index is 0.00389. The highest BCUT2D eigenvalue weighted by atomic mass is 16.6. The highest BCUT2D eigenvalue weighted by molar-refractivity contribution is 5.95. The first kappa shape index (κ1) is 25.2. The van der Waals surface area contributed by atoms with Gasteiger partial charge in [-0.2, -0.15) is 5.10 Å². The van der Waals surface area contributed by atoms with Crippen LogP contribution in [0.1, 0.15) is 22.4 Å². The molecular weight excluding hydrogens is 500 g/mol. The Hall–Kier alpha value is -5.14. The van der Waals surface area contributed by atoms with Crippen LogP contribution >= 0.6 is 0 Å². The van der Waals surface area contributed by atoms with Gasteiger partial charge in [-0.25, -0.2) is 4.68 Å². The van der Waals surface area contributed by atoms with Gasteiger partial charge >= 0.3 is 0 Å². The number of rotatable bonds is 8. The largest absolute Gasteiger partial charge is 0.378 e. The second-order valence-corrected chi connectivity index (χ2v) is 9.50. The molecule has 0 radical (unpaired) electrons. The van der Waals surface area contributed by atoms with Crippen molar-refractivity contribution in [2.24, 2.45) is 0 Å². The quantitative estimate of drug-likeness (QED) is 0.121. The Bertz CT molecular complexity index is 1690. The Morgan fingerprint density at radius 1 is 0.800 bits per heavy atom. The number of nitrogens with zero attached hydrogens (tertiary/aromatic N) is 4. The fraction of sp³-hybridized carbons (Fsp3) is 0.0909. The third kappa shape index (κ3) is 4.22. The lowest BCUT2D eigenvalue weighted by atomic mass is 9.77. The molecule has 0 aliphatic carbocycles. The molecule has 0 aliphatic rings. The van der Waals surface area contributed by atoms with E-state index in [1.165, 1.54) is 0 Å². The zero-order valence-corrected chi connectivity index (χ0v) is 21.8. The SMILES string of the molecule is COCc1cc(-c2nn(C(c3ccccc3)(c3ccccc3)c3ccccc3)c3ccc([N+](=O)[O-])cc23)ccn1. The number of pyridine rings is 1. The van der Waals surface area contributed by atoms with Crippen molar-refractivity contribution in [1.82, 2.24) is 14.8 Å². The van der Waals surface area contributed by atoms with Gasteiger partial charge in [0.2, 0.25) is 0 Å². The lowest BCUT2D eigenvalue weighted by molar-refractivity contribution is -0.384. The molecule has 4 aromatic carbocycles. The second-order valence-electron chi connectivity index (χ2n) is 9.50. The summed E-state index contributed by atoms with van der Waals surface area (Å²) in [5.74, 6) is 0. The molecule has 7 heteroatoms. The van der Waals surface area contributed by atoms with Crippen LogP contribution < -0.4 is 0 Å². The fourth-order valence-electron chi connectivity index (χ4n) is 5.45. The van der Waals surface area contributed by atoms with Crippen molar-refractivity contribution in [2.45, 2.75) is 12.1 Å². The van der Waals surface area contributed by atoms with Gasteiger partial charge in [-0.05, 0) is 34.9 Å². The van der Waals surface area contributed by atoms with Gasteiger partial charge in [-0.1, -0.05) is 91.0 Å². The fourth-order valence-corrected chi connectivity index (χ4v) is 5.45. The number of hydrogen-bond donors (Lipinski definition) is 0. The summed E-state index contributed by atoms with van der Waals surface area (Å²) in [6.07, 6.45) is 1.71. The minimum Gasteiger partial charge on any atom is -0.378 e. The highest BCUT2D eigenvalue weighted by Gasteiger charge is 2.41. The molecule has 7 nitrogen and oxygen atoms in total. The Morgan fingerprint density at radius 2 is 1.38 bits per heavy atom. The predicted molar refractivity (Wildman–Crippen MR) is 155 cm³/mol. The summed E-state index contributed by atoms with van der Waals surface area (Å²) >= 11 is 0. The van der Waals surface area contributed by atoms with Crippen LogP contribution in [0.4, 0.5) is 5.69 Å². The summed E-state index contributed by atoms with van der Waals surface area (Å²) in [4.78, 5) is 15.9. The zero-order chi connectivity index (χ0) is 27.5. The molecule has 0 spiro atoms. The van der Waals surface area contributed by atoms with Gasteiger partial charge in [0, 0.05) is 36.4 Å². The molecule has 0 fully saturated rings. The standard InChI is InChI=1S/C33H26N4O3/c1-40-23-28-21-24(19-20-34-28)32-30-22-29(37(38)39)17-18-31(30)36(35-32)33(25-11-5-2-6-12-25,26-13-7-3-8-14-26)27-15-9-4-10-16-27/h2-22H,23H2,1H3. The molecule has 0 amide bonds. The van der Waals surface area contributed by atoms with E-state index in [4.69, 9.17) is 9.84 Å². The number of methoxy groups -OCH3 is 1. The van der Waals surface area contributed by atoms with Gasteiger partial charge in [-0.3, -0.25) is 15.1 Å².